The SMILES string of the molecule is CCOc1ccc(NC(=O)C2(c3ccc([N+](=O)[O-])cc3)CC2)cc1. The van der Waals surface area contributed by atoms with E-state index in [1.165, 1.54) is 12.1 Å². The number of benzene rings is 2. The van der Waals surface area contributed by atoms with Crippen LogP contribution in [-0.2, 0) is 10.2 Å². The molecule has 0 heterocycles. The van der Waals surface area contributed by atoms with E-state index in [1.54, 1.807) is 24.3 Å². The highest BCUT2D eigenvalue weighted by atomic mass is 16.6. The van der Waals surface area contributed by atoms with E-state index < -0.39 is 10.3 Å². The molecule has 1 fully saturated rings. The monoisotopic (exact) mass is 326 g/mol. The summed E-state index contributed by atoms with van der Waals surface area (Å²) in [7, 11) is 0. The molecule has 6 heteroatoms. The Bertz CT molecular complexity index is 750. The lowest BCUT2D eigenvalue weighted by atomic mass is 9.94. The maximum absolute atomic E-state index is 12.7. The maximum Gasteiger partial charge on any atom is 0.269 e. The lowest BCUT2D eigenvalue weighted by Gasteiger charge is -2.16. The molecule has 0 saturated heterocycles. The summed E-state index contributed by atoms with van der Waals surface area (Å²) in [5.74, 6) is 0.674. The molecule has 0 aliphatic heterocycles. The van der Waals surface area contributed by atoms with Crippen molar-refractivity contribution in [2.45, 2.75) is 25.2 Å². The van der Waals surface area contributed by atoms with Crippen molar-refractivity contribution in [1.82, 2.24) is 0 Å². The Morgan fingerprint density at radius 2 is 1.79 bits per heavy atom. The minimum atomic E-state index is -0.576. The van der Waals surface area contributed by atoms with Gasteiger partial charge in [0, 0.05) is 17.8 Å². The van der Waals surface area contributed by atoms with E-state index in [0.717, 1.165) is 24.2 Å². The van der Waals surface area contributed by atoms with Crippen molar-refractivity contribution in [3.05, 3.63) is 64.2 Å². The number of hydrogen-bond donors (Lipinski definition) is 1. The number of amides is 1. The van der Waals surface area contributed by atoms with Gasteiger partial charge in [-0.1, -0.05) is 12.1 Å². The van der Waals surface area contributed by atoms with Crippen molar-refractivity contribution in [2.75, 3.05) is 11.9 Å². The highest BCUT2D eigenvalue weighted by Gasteiger charge is 2.51. The largest absolute Gasteiger partial charge is 0.494 e. The summed E-state index contributed by atoms with van der Waals surface area (Å²) in [4.78, 5) is 23.0. The Hall–Kier alpha value is -2.89. The fourth-order valence-corrected chi connectivity index (χ4v) is 2.73. The zero-order chi connectivity index (χ0) is 17.2. The van der Waals surface area contributed by atoms with E-state index in [9.17, 15) is 14.9 Å². The molecule has 1 N–H and O–H groups in total. The average Bonchev–Trinajstić information content (AvgIpc) is 3.39. The number of nitrogens with one attached hydrogen (secondary N) is 1. The molecule has 0 bridgehead atoms. The molecule has 24 heavy (non-hydrogen) atoms. The van der Waals surface area contributed by atoms with E-state index in [1.807, 2.05) is 19.1 Å². The van der Waals surface area contributed by atoms with Crippen LogP contribution in [0.25, 0.3) is 0 Å². The van der Waals surface area contributed by atoms with E-state index in [0.29, 0.717) is 12.3 Å². The topological polar surface area (TPSA) is 81.5 Å². The number of non-ortho nitro benzene ring substituents is 1. The summed E-state index contributed by atoms with van der Waals surface area (Å²) in [6.07, 6.45) is 1.49. The Morgan fingerprint density at radius 1 is 1.17 bits per heavy atom. The van der Waals surface area contributed by atoms with Gasteiger partial charge in [0.25, 0.3) is 5.69 Å². The van der Waals surface area contributed by atoms with Crippen LogP contribution in [0, 0.1) is 10.1 Å². The van der Waals surface area contributed by atoms with E-state index >= 15 is 0 Å². The van der Waals surface area contributed by atoms with Gasteiger partial charge < -0.3 is 10.1 Å². The zero-order valence-corrected chi connectivity index (χ0v) is 13.3. The zero-order valence-electron chi connectivity index (χ0n) is 13.3. The van der Waals surface area contributed by atoms with Crippen LogP contribution in [0.3, 0.4) is 0 Å². The second-order valence-electron chi connectivity index (χ2n) is 5.80. The van der Waals surface area contributed by atoms with Crippen molar-refractivity contribution in [2.24, 2.45) is 0 Å². The van der Waals surface area contributed by atoms with E-state index in [2.05, 4.69) is 5.32 Å². The normalized spacial score (nSPS) is 14.7. The van der Waals surface area contributed by atoms with Gasteiger partial charge in [0.15, 0.2) is 0 Å². The first-order valence-corrected chi connectivity index (χ1v) is 7.84. The van der Waals surface area contributed by atoms with Crippen molar-refractivity contribution >= 4 is 17.3 Å². The van der Waals surface area contributed by atoms with Gasteiger partial charge in [0.1, 0.15) is 5.75 Å². The van der Waals surface area contributed by atoms with Crippen molar-refractivity contribution in [1.29, 1.82) is 0 Å². The molecule has 2 aromatic carbocycles. The second kappa shape index (κ2) is 6.31. The van der Waals surface area contributed by atoms with E-state index in [4.69, 9.17) is 4.74 Å². The summed E-state index contributed by atoms with van der Waals surface area (Å²) in [6, 6.07) is 13.4. The predicted molar refractivity (Wildman–Crippen MR) is 90.2 cm³/mol. The minimum Gasteiger partial charge on any atom is -0.494 e. The van der Waals surface area contributed by atoms with Gasteiger partial charge in [-0.3, -0.25) is 14.9 Å². The van der Waals surface area contributed by atoms with Crippen LogP contribution in [-0.4, -0.2) is 17.4 Å². The third kappa shape index (κ3) is 3.08. The molecule has 0 spiro atoms. The summed E-state index contributed by atoms with van der Waals surface area (Å²) >= 11 is 0. The number of nitrogens with zero attached hydrogens (tertiary/aromatic N) is 1. The first kappa shape index (κ1) is 16.0. The van der Waals surface area contributed by atoms with Crippen LogP contribution in [0.15, 0.2) is 48.5 Å². The smallest absolute Gasteiger partial charge is 0.269 e. The Morgan fingerprint density at radius 3 is 2.29 bits per heavy atom. The molecular weight excluding hydrogens is 308 g/mol. The minimum absolute atomic E-state index is 0.0291. The number of carbonyl (C=O) groups is 1. The van der Waals surface area contributed by atoms with Gasteiger partial charge in [-0.25, -0.2) is 0 Å². The fourth-order valence-electron chi connectivity index (χ4n) is 2.73. The number of nitro benzene ring substituents is 1. The van der Waals surface area contributed by atoms with Crippen LogP contribution < -0.4 is 10.1 Å². The van der Waals surface area contributed by atoms with Crippen molar-refractivity contribution in [3.8, 4) is 5.75 Å². The summed E-state index contributed by atoms with van der Waals surface area (Å²) in [5, 5.41) is 13.7. The van der Waals surface area contributed by atoms with Gasteiger partial charge in [-0.2, -0.15) is 0 Å². The molecule has 0 unspecified atom stereocenters. The van der Waals surface area contributed by atoms with Gasteiger partial charge in [0.05, 0.1) is 16.9 Å². The van der Waals surface area contributed by atoms with E-state index in [-0.39, 0.29) is 11.6 Å². The molecule has 0 radical (unpaired) electrons. The van der Waals surface area contributed by atoms with Gasteiger partial charge in [-0.05, 0) is 49.6 Å². The number of nitro groups is 1. The highest BCUT2D eigenvalue weighted by molar-refractivity contribution is 6.01. The highest BCUT2D eigenvalue weighted by Crippen LogP contribution is 2.49. The molecule has 0 atom stereocenters. The number of carbonyl (C=O) groups excluding carboxylic acids is 1. The molecule has 0 aromatic heterocycles. The van der Waals surface area contributed by atoms with Crippen LogP contribution in [0.5, 0.6) is 5.75 Å². The number of hydrogen-bond acceptors (Lipinski definition) is 4. The number of rotatable bonds is 6. The first-order valence-electron chi connectivity index (χ1n) is 7.84. The number of anilines is 1. The summed E-state index contributed by atoms with van der Waals surface area (Å²) in [6.45, 7) is 2.51. The fraction of sp³-hybridized carbons (Fsp3) is 0.278. The van der Waals surface area contributed by atoms with Crippen molar-refractivity contribution in [3.63, 3.8) is 0 Å². The molecule has 1 amide bonds. The Balaban J connectivity index is 1.73. The van der Waals surface area contributed by atoms with Gasteiger partial charge >= 0.3 is 0 Å². The lowest BCUT2D eigenvalue weighted by Crippen LogP contribution is -2.27. The van der Waals surface area contributed by atoms with Crippen LogP contribution >= 0.6 is 0 Å². The maximum atomic E-state index is 12.7. The third-order valence-corrected chi connectivity index (χ3v) is 4.24. The quantitative estimate of drug-likeness (QED) is 0.649. The third-order valence-electron chi connectivity index (χ3n) is 4.24. The Kier molecular flexibility index (Phi) is 4.20. The molecule has 124 valence electrons. The molecular formula is C18H18N2O4. The van der Waals surface area contributed by atoms with Crippen LogP contribution in [0.4, 0.5) is 11.4 Å². The molecule has 1 aliphatic carbocycles. The van der Waals surface area contributed by atoms with Crippen LogP contribution in [0.1, 0.15) is 25.3 Å². The lowest BCUT2D eigenvalue weighted by molar-refractivity contribution is -0.384. The molecule has 2 aromatic rings. The van der Waals surface area contributed by atoms with Gasteiger partial charge in [-0.15, -0.1) is 0 Å². The van der Waals surface area contributed by atoms with Crippen LogP contribution in [0.2, 0.25) is 0 Å². The molecule has 3 rings (SSSR count). The molecule has 1 saturated carbocycles. The standard InChI is InChI=1S/C18H18N2O4/c1-2-24-16-9-5-14(6-10-16)19-17(21)18(11-12-18)13-3-7-15(8-4-13)20(22)23/h3-10H,2,11-12H2,1H3,(H,19,21). The second-order valence-corrected chi connectivity index (χ2v) is 5.80. The molecule has 6 nitrogen and oxygen atoms in total. The number of ether oxygens (including phenoxy) is 1. The molecule has 1 aliphatic rings. The summed E-state index contributed by atoms with van der Waals surface area (Å²) in [5.41, 5.74) is 0.975. The van der Waals surface area contributed by atoms with Crippen molar-refractivity contribution < 1.29 is 14.5 Å². The summed E-state index contributed by atoms with van der Waals surface area (Å²) < 4.78 is 5.38. The first-order chi connectivity index (χ1) is 11.5. The van der Waals surface area contributed by atoms with Gasteiger partial charge in [0.2, 0.25) is 5.91 Å². The predicted octanol–water partition coefficient (Wildman–Crippen LogP) is 3.66. The average molecular weight is 326 g/mol. The Labute approximate surface area is 139 Å².